The van der Waals surface area contributed by atoms with Crippen molar-refractivity contribution in [2.24, 2.45) is 0 Å². The number of hydrogen-bond donors (Lipinski definition) is 0. The van der Waals surface area contributed by atoms with Gasteiger partial charge < -0.3 is 13.8 Å². The fourth-order valence-corrected chi connectivity index (χ4v) is 1.55. The van der Waals surface area contributed by atoms with Crippen molar-refractivity contribution in [3.63, 3.8) is 0 Å². The summed E-state index contributed by atoms with van der Waals surface area (Å²) in [7, 11) is -0.387. The van der Waals surface area contributed by atoms with E-state index in [-0.39, 0.29) is 0 Å². The van der Waals surface area contributed by atoms with E-state index in [0.717, 1.165) is 0 Å². The molecular weight excluding hydrogens is 179 g/mol. The smallest absolute Gasteiger partial charge is 0.356 e. The fraction of sp³-hybridized carbons (Fsp3) is 0.714. The Morgan fingerprint density at radius 2 is 1.92 bits per heavy atom. The molecule has 0 atom stereocenters. The summed E-state index contributed by atoms with van der Waals surface area (Å²) < 4.78 is 25.9. The lowest BCUT2D eigenvalue weighted by Crippen LogP contribution is -1.90. The summed E-state index contributed by atoms with van der Waals surface area (Å²) in [5, 5.41) is 0. The second-order valence-electron chi connectivity index (χ2n) is 2.08. The maximum Gasteiger partial charge on any atom is 0.356 e. The van der Waals surface area contributed by atoms with Crippen molar-refractivity contribution in [2.75, 3.05) is 20.8 Å². The number of allylic oxidation sites excluding steroid dienone is 1. The van der Waals surface area contributed by atoms with Gasteiger partial charge in [-0.05, 0) is 13.8 Å². The van der Waals surface area contributed by atoms with E-state index in [1.54, 1.807) is 6.92 Å². The molecule has 0 rings (SSSR count). The van der Waals surface area contributed by atoms with Gasteiger partial charge in [-0.15, -0.1) is 0 Å². The molecule has 72 valence electrons. The molecule has 12 heavy (non-hydrogen) atoms. The van der Waals surface area contributed by atoms with Crippen molar-refractivity contribution < 1.29 is 18.3 Å². The first-order valence-corrected chi connectivity index (χ1v) is 5.22. The van der Waals surface area contributed by atoms with Gasteiger partial charge >= 0.3 is 7.60 Å². The Bertz CT molecular complexity index is 192. The molecule has 0 aliphatic heterocycles. The Hall–Kier alpha value is -0.310. The van der Waals surface area contributed by atoms with Gasteiger partial charge in [-0.2, -0.15) is 0 Å². The summed E-state index contributed by atoms with van der Waals surface area (Å²) in [4.78, 5) is 0. The Morgan fingerprint density at radius 3 is 2.25 bits per heavy atom. The third-order valence-electron chi connectivity index (χ3n) is 1.22. The first-order chi connectivity index (χ1) is 5.58. The van der Waals surface area contributed by atoms with E-state index in [4.69, 9.17) is 4.74 Å². The van der Waals surface area contributed by atoms with Crippen LogP contribution in [0.4, 0.5) is 0 Å². The van der Waals surface area contributed by atoms with Crippen LogP contribution in [-0.4, -0.2) is 20.8 Å². The summed E-state index contributed by atoms with van der Waals surface area (Å²) in [6.45, 7) is 4.09. The third kappa shape index (κ3) is 3.90. The molecule has 5 heteroatoms. The van der Waals surface area contributed by atoms with E-state index in [9.17, 15) is 4.57 Å². The van der Waals surface area contributed by atoms with Crippen LogP contribution in [0.25, 0.3) is 0 Å². The van der Waals surface area contributed by atoms with Crippen molar-refractivity contribution >= 4 is 7.60 Å². The predicted molar refractivity (Wildman–Crippen MR) is 47.0 cm³/mol. The van der Waals surface area contributed by atoms with Crippen LogP contribution < -0.4 is 0 Å². The third-order valence-corrected chi connectivity index (χ3v) is 2.92. The van der Waals surface area contributed by atoms with Crippen molar-refractivity contribution in [1.29, 1.82) is 0 Å². The van der Waals surface area contributed by atoms with Crippen LogP contribution in [0, 0.1) is 0 Å². The molecule has 0 aromatic heterocycles. The lowest BCUT2D eigenvalue weighted by Gasteiger charge is -2.10. The molecule has 0 saturated carbocycles. The van der Waals surface area contributed by atoms with Crippen LogP contribution in [-0.2, 0) is 18.3 Å². The molecule has 0 heterocycles. The predicted octanol–water partition coefficient (Wildman–Crippen LogP) is 2.37. The zero-order valence-corrected chi connectivity index (χ0v) is 8.76. The van der Waals surface area contributed by atoms with Gasteiger partial charge in [-0.3, -0.25) is 4.57 Å². The van der Waals surface area contributed by atoms with Gasteiger partial charge in [0.25, 0.3) is 0 Å². The molecule has 0 spiro atoms. The zero-order chi connectivity index (χ0) is 9.61. The van der Waals surface area contributed by atoms with Crippen LogP contribution >= 0.6 is 7.60 Å². The molecule has 0 aliphatic rings. The molecule has 0 amide bonds. The van der Waals surface area contributed by atoms with Gasteiger partial charge in [0.15, 0.2) is 0 Å². The van der Waals surface area contributed by atoms with E-state index in [0.29, 0.717) is 12.4 Å². The van der Waals surface area contributed by atoms with Crippen molar-refractivity contribution in [3.8, 4) is 0 Å². The highest BCUT2D eigenvalue weighted by Crippen LogP contribution is 2.48. The van der Waals surface area contributed by atoms with Crippen molar-refractivity contribution in [1.82, 2.24) is 0 Å². The van der Waals surface area contributed by atoms with Crippen LogP contribution in [0.5, 0.6) is 0 Å². The highest BCUT2D eigenvalue weighted by Gasteiger charge is 2.17. The number of hydrogen-bond acceptors (Lipinski definition) is 4. The van der Waals surface area contributed by atoms with Gasteiger partial charge in [0.2, 0.25) is 0 Å². The Morgan fingerprint density at radius 1 is 1.42 bits per heavy atom. The average molecular weight is 194 g/mol. The molecule has 0 bridgehead atoms. The van der Waals surface area contributed by atoms with Gasteiger partial charge in [0, 0.05) is 14.2 Å². The minimum Gasteiger partial charge on any atom is -0.498 e. The lowest BCUT2D eigenvalue weighted by molar-refractivity contribution is 0.229. The molecule has 0 aromatic rings. The first kappa shape index (κ1) is 11.7. The second-order valence-corrected chi connectivity index (χ2v) is 4.15. The van der Waals surface area contributed by atoms with E-state index in [2.05, 4.69) is 9.05 Å². The molecule has 0 saturated heterocycles. The molecule has 0 N–H and O–H groups in total. The van der Waals surface area contributed by atoms with Crippen LogP contribution in [0.2, 0.25) is 0 Å². The fourth-order valence-electron chi connectivity index (χ4n) is 0.668. The van der Waals surface area contributed by atoms with Crippen molar-refractivity contribution in [3.05, 3.63) is 11.6 Å². The van der Waals surface area contributed by atoms with E-state index < -0.39 is 7.60 Å². The quantitative estimate of drug-likeness (QED) is 0.497. The first-order valence-electron chi connectivity index (χ1n) is 3.61. The normalized spacial score (nSPS) is 13.2. The Balaban J connectivity index is 4.36. The molecule has 0 fully saturated rings. The largest absolute Gasteiger partial charge is 0.498 e. The standard InChI is InChI=1S/C7H15O4P/c1-5-11-7(2)6-12(8,9-3)10-4/h6H,5H2,1-4H3/b7-6-. The van der Waals surface area contributed by atoms with Crippen LogP contribution in [0.1, 0.15) is 13.8 Å². The monoisotopic (exact) mass is 194 g/mol. The maximum atomic E-state index is 11.4. The second kappa shape index (κ2) is 5.36. The lowest BCUT2D eigenvalue weighted by atomic mass is 10.6. The number of ether oxygens (including phenoxy) is 1. The maximum absolute atomic E-state index is 11.4. The van der Waals surface area contributed by atoms with Gasteiger partial charge in [0.05, 0.1) is 12.4 Å². The van der Waals surface area contributed by atoms with Gasteiger partial charge in [-0.25, -0.2) is 0 Å². The number of rotatable bonds is 5. The minimum absolute atomic E-state index is 0.537. The van der Waals surface area contributed by atoms with Crippen LogP contribution in [0.15, 0.2) is 11.6 Å². The van der Waals surface area contributed by atoms with E-state index >= 15 is 0 Å². The van der Waals surface area contributed by atoms with E-state index in [1.807, 2.05) is 6.92 Å². The minimum atomic E-state index is -3.05. The summed E-state index contributed by atoms with van der Waals surface area (Å²) in [5.41, 5.74) is 0. The molecule has 4 nitrogen and oxygen atoms in total. The SMILES string of the molecule is CCO/C(C)=C\P(=O)(OC)OC. The average Bonchev–Trinajstić information content (AvgIpc) is 2.05. The van der Waals surface area contributed by atoms with Gasteiger partial charge in [0.1, 0.15) is 5.76 Å². The molecule has 0 radical (unpaired) electrons. The Kier molecular flexibility index (Phi) is 5.22. The molecule has 0 aliphatic carbocycles. The highest BCUT2D eigenvalue weighted by molar-refractivity contribution is 7.57. The zero-order valence-electron chi connectivity index (χ0n) is 7.86. The molecule has 0 aromatic carbocycles. The summed E-state index contributed by atoms with van der Waals surface area (Å²) in [5.74, 6) is 1.90. The van der Waals surface area contributed by atoms with Crippen LogP contribution in [0.3, 0.4) is 0 Å². The summed E-state index contributed by atoms with van der Waals surface area (Å²) >= 11 is 0. The van der Waals surface area contributed by atoms with Gasteiger partial charge in [-0.1, -0.05) is 0 Å². The highest BCUT2D eigenvalue weighted by atomic mass is 31.2. The Labute approximate surface area is 73.0 Å². The van der Waals surface area contributed by atoms with Crippen molar-refractivity contribution in [2.45, 2.75) is 13.8 Å². The topological polar surface area (TPSA) is 44.8 Å². The van der Waals surface area contributed by atoms with E-state index in [1.165, 1.54) is 20.0 Å². The summed E-state index contributed by atoms with van der Waals surface area (Å²) in [6.07, 6.45) is 0. The summed E-state index contributed by atoms with van der Waals surface area (Å²) in [6, 6.07) is 0. The molecule has 0 unspecified atom stereocenters. The molecular formula is C7H15O4P.